The molecule has 11 nitrogen and oxygen atoms in total. The van der Waals surface area contributed by atoms with E-state index in [4.69, 9.17) is 0 Å². The largest absolute Gasteiger partial charge is 0.573 e. The number of pyridine rings is 1. The van der Waals surface area contributed by atoms with E-state index in [-0.39, 0.29) is 17.4 Å². The fourth-order valence-electron chi connectivity index (χ4n) is 4.56. The van der Waals surface area contributed by atoms with Crippen molar-refractivity contribution in [3.8, 4) is 11.4 Å². The highest BCUT2D eigenvalue weighted by Gasteiger charge is 2.32. The molecule has 3 heterocycles. The lowest BCUT2D eigenvalue weighted by molar-refractivity contribution is -0.274. The van der Waals surface area contributed by atoms with Gasteiger partial charge < -0.3 is 9.64 Å². The summed E-state index contributed by atoms with van der Waals surface area (Å²) >= 11 is 1.21. The number of carbonyl (C=O) groups is 2. The monoisotopic (exact) mass is 638 g/mol. The first kappa shape index (κ1) is 31.5. The average Bonchev–Trinajstić information content (AvgIpc) is 3.62. The van der Waals surface area contributed by atoms with Crippen molar-refractivity contribution < 1.29 is 27.5 Å². The van der Waals surface area contributed by atoms with Gasteiger partial charge in [-0.25, -0.2) is 14.5 Å². The molecule has 4 aromatic rings. The van der Waals surface area contributed by atoms with Crippen molar-refractivity contribution in [2.24, 2.45) is 4.99 Å². The van der Waals surface area contributed by atoms with E-state index in [1.165, 1.54) is 51.9 Å². The predicted molar refractivity (Wildman–Crippen MR) is 166 cm³/mol. The number of aromatic nitrogens is 4. The van der Waals surface area contributed by atoms with Crippen molar-refractivity contribution in [3.05, 3.63) is 83.8 Å². The summed E-state index contributed by atoms with van der Waals surface area (Å²) in [5.74, 6) is 0.402. The molecule has 2 aromatic carbocycles. The number of aliphatic imine (C=N–C) groups is 1. The van der Waals surface area contributed by atoms with Gasteiger partial charge in [0.2, 0.25) is 11.9 Å². The van der Waals surface area contributed by atoms with E-state index in [1.54, 1.807) is 30.3 Å². The molecular formula is C30H29F3N8O3S. The molecule has 1 N–H and O–H groups in total. The SMILES string of the molecule is CCCc1ccc(C)cc1N1C(=O)CS/C1=N\C(=O)Nc1ccc(CN(C)c2ncn(-c3ccc(OC(F)(F)F)cc3)n2)cn1. The molecule has 0 radical (unpaired) electrons. The van der Waals surface area contributed by atoms with Gasteiger partial charge in [0.1, 0.15) is 17.9 Å². The van der Waals surface area contributed by atoms with Crippen molar-refractivity contribution in [1.29, 1.82) is 0 Å². The Kier molecular flexibility index (Phi) is 9.37. The summed E-state index contributed by atoms with van der Waals surface area (Å²) in [6, 6.07) is 14.0. The molecule has 1 aliphatic rings. The van der Waals surface area contributed by atoms with Gasteiger partial charge in [-0.05, 0) is 66.4 Å². The molecule has 3 amide bonds. The number of amidine groups is 1. The van der Waals surface area contributed by atoms with Gasteiger partial charge >= 0.3 is 12.4 Å². The van der Waals surface area contributed by atoms with Crippen LogP contribution in [0.25, 0.3) is 5.69 Å². The molecule has 0 bridgehead atoms. The van der Waals surface area contributed by atoms with Gasteiger partial charge in [0.25, 0.3) is 0 Å². The number of benzene rings is 2. The van der Waals surface area contributed by atoms with Gasteiger partial charge in [0.05, 0.1) is 17.1 Å². The molecule has 1 saturated heterocycles. The second-order valence-electron chi connectivity index (χ2n) is 10.2. The maximum atomic E-state index is 12.8. The van der Waals surface area contributed by atoms with E-state index in [0.717, 1.165) is 35.2 Å². The summed E-state index contributed by atoms with van der Waals surface area (Å²) in [4.78, 5) is 41.6. The molecule has 1 aliphatic heterocycles. The highest BCUT2D eigenvalue weighted by Crippen LogP contribution is 2.31. The second-order valence-corrected chi connectivity index (χ2v) is 11.1. The summed E-state index contributed by atoms with van der Waals surface area (Å²) in [6.45, 7) is 4.41. The molecule has 5 rings (SSSR count). The smallest absolute Gasteiger partial charge is 0.406 e. The maximum absolute atomic E-state index is 12.8. The van der Waals surface area contributed by atoms with E-state index >= 15 is 0 Å². The first-order valence-corrected chi connectivity index (χ1v) is 14.9. The fraction of sp³-hybridized carbons (Fsp3) is 0.267. The van der Waals surface area contributed by atoms with Crippen molar-refractivity contribution in [2.45, 2.75) is 39.6 Å². The van der Waals surface area contributed by atoms with Crippen LogP contribution in [0.15, 0.2) is 72.1 Å². The normalized spacial score (nSPS) is 14.2. The number of hydrogen-bond acceptors (Lipinski definition) is 8. The van der Waals surface area contributed by atoms with E-state index in [0.29, 0.717) is 29.2 Å². The first-order valence-electron chi connectivity index (χ1n) is 13.9. The molecule has 15 heteroatoms. The average molecular weight is 639 g/mol. The number of rotatable bonds is 9. The third-order valence-electron chi connectivity index (χ3n) is 6.60. The summed E-state index contributed by atoms with van der Waals surface area (Å²) < 4.78 is 42.6. The van der Waals surface area contributed by atoms with Crippen LogP contribution < -0.4 is 19.9 Å². The topological polar surface area (TPSA) is 118 Å². The number of amides is 3. The Labute approximate surface area is 261 Å². The first-order chi connectivity index (χ1) is 21.5. The Morgan fingerprint density at radius 3 is 2.60 bits per heavy atom. The van der Waals surface area contributed by atoms with Crippen LogP contribution >= 0.6 is 11.8 Å². The number of thioether (sulfide) groups is 1. The van der Waals surface area contributed by atoms with Gasteiger partial charge in [-0.2, -0.15) is 9.98 Å². The quantitative estimate of drug-likeness (QED) is 0.233. The zero-order chi connectivity index (χ0) is 32.1. The van der Waals surface area contributed by atoms with Gasteiger partial charge in [-0.1, -0.05) is 43.3 Å². The summed E-state index contributed by atoms with van der Waals surface area (Å²) in [5.41, 5.74) is 4.08. The summed E-state index contributed by atoms with van der Waals surface area (Å²) in [7, 11) is 1.78. The summed E-state index contributed by atoms with van der Waals surface area (Å²) in [6.07, 6.45) is -0.0114. The molecule has 0 aliphatic carbocycles. The Hall–Kier alpha value is -4.92. The van der Waals surface area contributed by atoms with Crippen molar-refractivity contribution in [3.63, 3.8) is 0 Å². The minimum absolute atomic E-state index is 0.131. The number of nitrogens with zero attached hydrogens (tertiary/aromatic N) is 7. The number of alkyl halides is 3. The van der Waals surface area contributed by atoms with Crippen molar-refractivity contribution in [1.82, 2.24) is 19.7 Å². The highest BCUT2D eigenvalue weighted by molar-refractivity contribution is 8.15. The van der Waals surface area contributed by atoms with E-state index in [1.807, 2.05) is 25.1 Å². The Morgan fingerprint density at radius 2 is 1.91 bits per heavy atom. The second kappa shape index (κ2) is 13.4. The van der Waals surface area contributed by atoms with Gasteiger partial charge in [0.15, 0.2) is 5.17 Å². The van der Waals surface area contributed by atoms with Gasteiger partial charge in [0, 0.05) is 19.8 Å². The lowest BCUT2D eigenvalue weighted by Crippen LogP contribution is -2.31. The minimum atomic E-state index is -4.77. The molecule has 0 saturated carbocycles. The standard InChI is InChI=1S/C30H29F3N8O3S/c1-4-5-21-8-6-19(2)14-24(21)41-26(42)17-45-29(41)37-28(43)36-25-13-7-20(15-34-25)16-39(3)27-35-18-40(38-27)22-9-11-23(12-10-22)44-30(31,32)33/h6-15,18H,4-5,16-17H2,1-3H3,(H,34,36,43)/b37-29-. The summed E-state index contributed by atoms with van der Waals surface area (Å²) in [5, 5.41) is 7.36. The van der Waals surface area contributed by atoms with Crippen molar-refractivity contribution in [2.75, 3.05) is 27.9 Å². The van der Waals surface area contributed by atoms with Gasteiger partial charge in [-0.15, -0.1) is 18.3 Å². The molecule has 0 unspecified atom stereocenters. The molecule has 234 valence electrons. The predicted octanol–water partition coefficient (Wildman–Crippen LogP) is 6.13. The Balaban J connectivity index is 1.20. The lowest BCUT2D eigenvalue weighted by Gasteiger charge is -2.20. The number of aryl methyl sites for hydroxylation is 2. The maximum Gasteiger partial charge on any atom is 0.573 e. The molecular weight excluding hydrogens is 609 g/mol. The number of halogens is 3. The molecule has 0 atom stereocenters. The fourth-order valence-corrected chi connectivity index (χ4v) is 5.42. The third-order valence-corrected chi connectivity index (χ3v) is 7.52. The van der Waals surface area contributed by atoms with Gasteiger partial charge in [-0.3, -0.25) is 15.0 Å². The van der Waals surface area contributed by atoms with Crippen LogP contribution in [-0.2, 0) is 17.8 Å². The van der Waals surface area contributed by atoms with Crippen LogP contribution in [0, 0.1) is 6.92 Å². The molecule has 45 heavy (non-hydrogen) atoms. The third kappa shape index (κ3) is 7.98. The van der Waals surface area contributed by atoms with Crippen LogP contribution in [-0.4, -0.2) is 56.0 Å². The number of anilines is 3. The van der Waals surface area contributed by atoms with E-state index < -0.39 is 12.4 Å². The number of carbonyl (C=O) groups excluding carboxylic acids is 2. The number of hydrogen-bond donors (Lipinski definition) is 1. The van der Waals surface area contributed by atoms with Crippen LogP contribution in [0.1, 0.15) is 30.0 Å². The Morgan fingerprint density at radius 1 is 1.13 bits per heavy atom. The molecule has 2 aromatic heterocycles. The number of nitrogens with one attached hydrogen (secondary N) is 1. The van der Waals surface area contributed by atoms with Crippen LogP contribution in [0.2, 0.25) is 0 Å². The van der Waals surface area contributed by atoms with Crippen LogP contribution in [0.3, 0.4) is 0 Å². The zero-order valence-electron chi connectivity index (χ0n) is 24.6. The highest BCUT2D eigenvalue weighted by atomic mass is 32.2. The lowest BCUT2D eigenvalue weighted by atomic mass is 10.0. The van der Waals surface area contributed by atoms with Crippen LogP contribution in [0.5, 0.6) is 5.75 Å². The number of ether oxygens (including phenoxy) is 1. The van der Waals surface area contributed by atoms with Crippen LogP contribution in [0.4, 0.5) is 35.4 Å². The molecule has 0 spiro atoms. The van der Waals surface area contributed by atoms with E-state index in [9.17, 15) is 22.8 Å². The minimum Gasteiger partial charge on any atom is -0.406 e. The Bertz CT molecular complexity index is 1710. The van der Waals surface area contributed by atoms with Crippen molar-refractivity contribution >= 4 is 46.3 Å². The number of urea groups is 1. The molecule has 1 fully saturated rings. The zero-order valence-corrected chi connectivity index (χ0v) is 25.4. The van der Waals surface area contributed by atoms with E-state index in [2.05, 4.69) is 37.0 Å².